The minimum Gasteiger partial charge on any atom is -0.497 e. The van der Waals surface area contributed by atoms with Crippen molar-refractivity contribution in [2.24, 2.45) is 0 Å². The van der Waals surface area contributed by atoms with Crippen LogP contribution >= 0.6 is 0 Å². The Hall–Kier alpha value is -3.36. The van der Waals surface area contributed by atoms with Gasteiger partial charge in [0.25, 0.3) is 5.91 Å². The Morgan fingerprint density at radius 2 is 1.53 bits per heavy atom. The first-order valence-electron chi connectivity index (χ1n) is 10.0. The number of nitrogens with one attached hydrogen (secondary N) is 1. The molecule has 1 atom stereocenters. The minimum atomic E-state index is -3.70. The largest absolute Gasteiger partial charge is 0.497 e. The Bertz CT molecular complexity index is 1130. The average Bonchev–Trinajstić information content (AvgIpc) is 2.82. The average molecular weight is 455 g/mol. The molecule has 0 unspecified atom stereocenters. The first kappa shape index (κ1) is 23.3. The predicted molar refractivity (Wildman–Crippen MR) is 124 cm³/mol. The summed E-state index contributed by atoms with van der Waals surface area (Å²) < 4.78 is 38.6. The van der Waals surface area contributed by atoms with E-state index in [1.807, 2.05) is 30.3 Å². The molecule has 0 aliphatic rings. The van der Waals surface area contributed by atoms with Gasteiger partial charge in [-0.3, -0.25) is 4.79 Å². The van der Waals surface area contributed by atoms with Gasteiger partial charge in [-0.15, -0.1) is 0 Å². The molecule has 0 saturated heterocycles. The fourth-order valence-electron chi connectivity index (χ4n) is 3.02. The number of ether oxygens (including phenoxy) is 2. The maximum absolute atomic E-state index is 12.7. The number of sulfonamides is 1. The van der Waals surface area contributed by atoms with E-state index in [0.717, 1.165) is 5.56 Å². The molecule has 3 aromatic rings. The van der Waals surface area contributed by atoms with Gasteiger partial charge in [0.2, 0.25) is 10.0 Å². The summed E-state index contributed by atoms with van der Waals surface area (Å²) in [6, 6.07) is 22.0. The zero-order valence-electron chi connectivity index (χ0n) is 18.2. The van der Waals surface area contributed by atoms with Gasteiger partial charge >= 0.3 is 0 Å². The van der Waals surface area contributed by atoms with Gasteiger partial charge in [-0.25, -0.2) is 13.1 Å². The Kier molecular flexibility index (Phi) is 7.50. The van der Waals surface area contributed by atoms with Crippen LogP contribution in [-0.4, -0.2) is 35.1 Å². The second-order valence-electron chi connectivity index (χ2n) is 7.16. The number of hydrogen-bond donors (Lipinski definition) is 1. The van der Waals surface area contributed by atoms with Gasteiger partial charge in [0, 0.05) is 18.8 Å². The highest BCUT2D eigenvalue weighted by atomic mass is 32.2. The number of hydrogen-bond acceptors (Lipinski definition) is 5. The molecule has 0 saturated carbocycles. The molecule has 0 bridgehead atoms. The quantitative estimate of drug-likeness (QED) is 0.532. The second-order valence-corrected chi connectivity index (χ2v) is 8.88. The maximum Gasteiger partial charge on any atom is 0.264 e. The molecule has 0 aromatic heterocycles. The van der Waals surface area contributed by atoms with Crippen LogP contribution in [0.3, 0.4) is 0 Å². The number of carbonyl (C=O) groups excluding carboxylic acids is 1. The zero-order chi connectivity index (χ0) is 23.1. The van der Waals surface area contributed by atoms with Gasteiger partial charge in [0.15, 0.2) is 6.61 Å². The number of carbonyl (C=O) groups is 1. The summed E-state index contributed by atoms with van der Waals surface area (Å²) in [5, 5.41) is 0. The van der Waals surface area contributed by atoms with Gasteiger partial charge in [0.1, 0.15) is 11.5 Å². The first-order valence-corrected chi connectivity index (χ1v) is 11.5. The SMILES string of the molecule is COc1ccc(N(C)C(=O)COc2ccc(S(=O)(=O)N[C@@H](C)c3ccccc3)cc2)cc1. The standard InChI is InChI=1S/C24H26N2O5S/c1-18(19-7-5-4-6-8-19)25-32(28,29)23-15-13-22(14-16-23)31-17-24(27)26(2)20-9-11-21(30-3)12-10-20/h4-16,18,25H,17H2,1-3H3/t18-/m0/s1. The van der Waals surface area contributed by atoms with E-state index in [1.165, 1.54) is 29.2 Å². The molecular formula is C24H26N2O5S. The van der Waals surface area contributed by atoms with Crippen molar-refractivity contribution in [3.05, 3.63) is 84.4 Å². The highest BCUT2D eigenvalue weighted by Gasteiger charge is 2.18. The van der Waals surface area contributed by atoms with Crippen molar-refractivity contribution in [1.82, 2.24) is 4.72 Å². The predicted octanol–water partition coefficient (Wildman–Crippen LogP) is 3.78. The molecule has 0 aliphatic carbocycles. The summed E-state index contributed by atoms with van der Waals surface area (Å²) in [4.78, 5) is 14.0. The summed E-state index contributed by atoms with van der Waals surface area (Å²) in [5.41, 5.74) is 1.58. The highest BCUT2D eigenvalue weighted by molar-refractivity contribution is 7.89. The van der Waals surface area contributed by atoms with Gasteiger partial charge in [0.05, 0.1) is 12.0 Å². The fraction of sp³-hybridized carbons (Fsp3) is 0.208. The maximum atomic E-state index is 12.7. The second kappa shape index (κ2) is 10.3. The smallest absolute Gasteiger partial charge is 0.264 e. The molecule has 32 heavy (non-hydrogen) atoms. The number of methoxy groups -OCH3 is 1. The Balaban J connectivity index is 1.58. The van der Waals surface area contributed by atoms with Crippen molar-refractivity contribution in [3.63, 3.8) is 0 Å². The normalized spacial score (nSPS) is 12.1. The third-order valence-electron chi connectivity index (χ3n) is 4.96. The summed E-state index contributed by atoms with van der Waals surface area (Å²) in [6.45, 7) is 1.60. The Morgan fingerprint density at radius 3 is 2.12 bits per heavy atom. The van der Waals surface area contributed by atoms with Crippen LogP contribution in [-0.2, 0) is 14.8 Å². The van der Waals surface area contributed by atoms with Crippen LogP contribution in [0.25, 0.3) is 0 Å². The minimum absolute atomic E-state index is 0.120. The van der Waals surface area contributed by atoms with E-state index in [4.69, 9.17) is 9.47 Å². The molecule has 0 aliphatic heterocycles. The molecule has 1 N–H and O–H groups in total. The molecule has 0 fully saturated rings. The monoisotopic (exact) mass is 454 g/mol. The van der Waals surface area contributed by atoms with Crippen LogP contribution in [0.15, 0.2) is 83.8 Å². The molecule has 0 spiro atoms. The van der Waals surface area contributed by atoms with Crippen LogP contribution in [0.2, 0.25) is 0 Å². The van der Waals surface area contributed by atoms with Crippen LogP contribution in [0, 0.1) is 0 Å². The summed E-state index contributed by atoms with van der Waals surface area (Å²) >= 11 is 0. The lowest BCUT2D eigenvalue weighted by molar-refractivity contribution is -0.120. The van der Waals surface area contributed by atoms with Crippen LogP contribution < -0.4 is 19.1 Å². The van der Waals surface area contributed by atoms with Crippen molar-refractivity contribution >= 4 is 21.6 Å². The van der Waals surface area contributed by atoms with Crippen molar-refractivity contribution in [3.8, 4) is 11.5 Å². The number of likely N-dealkylation sites (N-methyl/N-ethyl adjacent to an activating group) is 1. The molecule has 7 nitrogen and oxygen atoms in total. The molecule has 0 radical (unpaired) electrons. The van der Waals surface area contributed by atoms with E-state index in [-0.39, 0.29) is 23.5 Å². The lowest BCUT2D eigenvalue weighted by atomic mass is 10.1. The number of amides is 1. The van der Waals surface area contributed by atoms with Crippen molar-refractivity contribution in [1.29, 1.82) is 0 Å². The fourth-order valence-corrected chi connectivity index (χ4v) is 4.25. The molecule has 8 heteroatoms. The van der Waals surface area contributed by atoms with E-state index in [1.54, 1.807) is 45.3 Å². The van der Waals surface area contributed by atoms with E-state index in [2.05, 4.69) is 4.72 Å². The summed E-state index contributed by atoms with van der Waals surface area (Å²) in [7, 11) is -0.469. The third-order valence-corrected chi connectivity index (χ3v) is 6.52. The van der Waals surface area contributed by atoms with Crippen LogP contribution in [0.4, 0.5) is 5.69 Å². The molecule has 1 amide bonds. The Morgan fingerprint density at radius 1 is 0.938 bits per heavy atom. The lowest BCUT2D eigenvalue weighted by Crippen LogP contribution is -2.31. The zero-order valence-corrected chi connectivity index (χ0v) is 19.0. The topological polar surface area (TPSA) is 84.9 Å². The molecular weight excluding hydrogens is 428 g/mol. The molecule has 3 rings (SSSR count). The molecule has 168 valence electrons. The van der Waals surface area contributed by atoms with Gasteiger partial charge in [-0.2, -0.15) is 0 Å². The number of nitrogens with zero attached hydrogens (tertiary/aromatic N) is 1. The number of anilines is 1. The van der Waals surface area contributed by atoms with E-state index in [0.29, 0.717) is 17.2 Å². The van der Waals surface area contributed by atoms with Crippen LogP contribution in [0.5, 0.6) is 11.5 Å². The third kappa shape index (κ3) is 5.87. The molecule has 3 aromatic carbocycles. The van der Waals surface area contributed by atoms with E-state index >= 15 is 0 Å². The van der Waals surface area contributed by atoms with Gasteiger partial charge in [-0.1, -0.05) is 30.3 Å². The van der Waals surface area contributed by atoms with Gasteiger partial charge in [-0.05, 0) is 61.0 Å². The highest BCUT2D eigenvalue weighted by Crippen LogP contribution is 2.21. The summed E-state index contributed by atoms with van der Waals surface area (Å²) in [6.07, 6.45) is 0. The molecule has 0 heterocycles. The number of benzene rings is 3. The Labute approximate surface area is 188 Å². The van der Waals surface area contributed by atoms with Crippen molar-refractivity contribution in [2.75, 3.05) is 25.7 Å². The first-order chi connectivity index (χ1) is 15.3. The van der Waals surface area contributed by atoms with Crippen molar-refractivity contribution < 1.29 is 22.7 Å². The summed E-state index contributed by atoms with van der Waals surface area (Å²) in [5.74, 6) is 0.857. The van der Waals surface area contributed by atoms with Crippen molar-refractivity contribution in [2.45, 2.75) is 17.9 Å². The van der Waals surface area contributed by atoms with Gasteiger partial charge < -0.3 is 14.4 Å². The van der Waals surface area contributed by atoms with E-state index < -0.39 is 10.0 Å². The van der Waals surface area contributed by atoms with E-state index in [9.17, 15) is 13.2 Å². The van der Waals surface area contributed by atoms with Crippen LogP contribution in [0.1, 0.15) is 18.5 Å². The lowest BCUT2D eigenvalue weighted by Gasteiger charge is -2.18. The number of rotatable bonds is 9.